The summed E-state index contributed by atoms with van der Waals surface area (Å²) in [5.41, 5.74) is 0. The summed E-state index contributed by atoms with van der Waals surface area (Å²) in [5, 5.41) is 0. The minimum absolute atomic E-state index is 0.0885. The Morgan fingerprint density at radius 1 is 0.862 bits per heavy atom. The molecule has 0 aromatic heterocycles. The molecule has 3 unspecified atom stereocenters. The molecule has 9 atom stereocenters. The van der Waals surface area contributed by atoms with E-state index in [1.54, 1.807) is 21.3 Å². The molecule has 2 saturated heterocycles. The monoisotopic (exact) mass is 435 g/mol. The maximum absolute atomic E-state index is 6.96. The van der Waals surface area contributed by atoms with Gasteiger partial charge in [0, 0.05) is 21.3 Å². The summed E-state index contributed by atoms with van der Waals surface area (Å²) < 4.78 is 46.4. The molecule has 0 aliphatic carbocycles. The molecule has 0 radical (unpaired) electrons. The van der Waals surface area contributed by atoms with Gasteiger partial charge < -0.3 is 42.1 Å². The lowest BCUT2D eigenvalue weighted by atomic mass is 10.1. The molecule has 0 amide bonds. The van der Waals surface area contributed by atoms with Crippen molar-refractivity contribution in [2.75, 3.05) is 41.1 Å². The molecule has 29 heavy (non-hydrogen) atoms. The van der Waals surface area contributed by atoms with Gasteiger partial charge in [0.1, 0.15) is 37.1 Å². The third-order valence-corrected chi connectivity index (χ3v) is 6.42. The van der Waals surface area contributed by atoms with E-state index in [0.29, 0.717) is 0 Å². The Labute approximate surface area is 175 Å². The largest absolute Gasteiger partial charge is 0.376 e. The summed E-state index contributed by atoms with van der Waals surface area (Å²) >= 11 is 0. The minimum atomic E-state index is -1.72. The van der Waals surface area contributed by atoms with E-state index in [1.165, 1.54) is 0 Å². The van der Waals surface area contributed by atoms with Crippen molar-refractivity contribution in [3.63, 3.8) is 0 Å². The van der Waals surface area contributed by atoms with E-state index in [0.717, 1.165) is 6.42 Å². The van der Waals surface area contributed by atoms with Crippen molar-refractivity contribution in [2.24, 2.45) is 0 Å². The SMILES string of the molecule is [C-]#[N+]CCOP(OC[C@H]1O[C@@H](C)[C@@H](OC)C1OC)OC1[C@@H](CC)O[C@@H](C)[C@H]1OC. The first-order valence-electron chi connectivity index (χ1n) is 9.95. The molecule has 0 aromatic rings. The maximum atomic E-state index is 6.96. The molecule has 10 heteroatoms. The molecule has 0 aromatic carbocycles. The standard InChI is InChI=1S/C19H34NO8P/c1-8-14-19(17(22-6)13(3)26-14)28-29(24-10-9-20-4)25-11-15-18(23-7)16(21-5)12(2)27-15/h12-19H,8-11H2,1-3,5-7H3/t12-,13-,14+,15+,16+,17+,18?,19?,29?/m0/s1. The van der Waals surface area contributed by atoms with Crippen LogP contribution in [0.3, 0.4) is 0 Å². The number of hydrogen-bond acceptors (Lipinski definition) is 8. The number of hydrogen-bond donors (Lipinski definition) is 0. The smallest absolute Gasteiger partial charge is 0.333 e. The van der Waals surface area contributed by atoms with Crippen molar-refractivity contribution < 1.29 is 37.3 Å². The number of nitrogens with zero attached hydrogens (tertiary/aromatic N) is 1. The molecular formula is C19H34NO8P. The Hall–Kier alpha value is -0.400. The van der Waals surface area contributed by atoms with Crippen molar-refractivity contribution in [3.05, 3.63) is 11.4 Å². The Bertz CT molecular complexity index is 521. The van der Waals surface area contributed by atoms with E-state index in [1.807, 2.05) is 20.8 Å². The summed E-state index contributed by atoms with van der Waals surface area (Å²) in [5.74, 6) is 0. The van der Waals surface area contributed by atoms with E-state index in [4.69, 9.17) is 43.8 Å². The third kappa shape index (κ3) is 6.30. The zero-order chi connectivity index (χ0) is 21.4. The lowest BCUT2D eigenvalue weighted by molar-refractivity contribution is -0.0438. The zero-order valence-electron chi connectivity index (χ0n) is 18.1. The first-order chi connectivity index (χ1) is 14.0. The van der Waals surface area contributed by atoms with Gasteiger partial charge in [0.2, 0.25) is 6.54 Å². The van der Waals surface area contributed by atoms with Gasteiger partial charge in [-0.05, 0) is 20.3 Å². The Morgan fingerprint density at radius 2 is 1.45 bits per heavy atom. The maximum Gasteiger partial charge on any atom is 0.333 e. The fraction of sp³-hybridized carbons (Fsp3) is 0.947. The van der Waals surface area contributed by atoms with Gasteiger partial charge in [-0.2, -0.15) is 0 Å². The predicted octanol–water partition coefficient (Wildman–Crippen LogP) is 2.58. The summed E-state index contributed by atoms with van der Waals surface area (Å²) in [4.78, 5) is 3.32. The molecule has 0 spiro atoms. The van der Waals surface area contributed by atoms with Crippen molar-refractivity contribution in [1.29, 1.82) is 0 Å². The van der Waals surface area contributed by atoms with Gasteiger partial charge >= 0.3 is 8.60 Å². The van der Waals surface area contributed by atoms with Crippen molar-refractivity contribution in [2.45, 2.75) is 76.0 Å². The highest BCUT2D eigenvalue weighted by atomic mass is 31.2. The molecule has 2 aliphatic rings. The van der Waals surface area contributed by atoms with Crippen LogP contribution in [0.5, 0.6) is 0 Å². The lowest BCUT2D eigenvalue weighted by Crippen LogP contribution is -2.37. The van der Waals surface area contributed by atoms with Crippen LogP contribution in [0.1, 0.15) is 27.2 Å². The normalized spacial score (nSPS) is 38.2. The van der Waals surface area contributed by atoms with E-state index in [2.05, 4.69) is 4.85 Å². The molecule has 2 fully saturated rings. The van der Waals surface area contributed by atoms with Crippen LogP contribution in [0.15, 0.2) is 0 Å². The molecule has 9 nitrogen and oxygen atoms in total. The summed E-state index contributed by atoms with van der Waals surface area (Å²) in [6, 6.07) is 0. The average molecular weight is 435 g/mol. The second-order valence-corrected chi connectivity index (χ2v) is 8.25. The van der Waals surface area contributed by atoms with Gasteiger partial charge in [0.25, 0.3) is 0 Å². The third-order valence-electron chi connectivity index (χ3n) is 5.26. The molecule has 0 N–H and O–H groups in total. The van der Waals surface area contributed by atoms with Crippen molar-refractivity contribution in [1.82, 2.24) is 0 Å². The summed E-state index contributed by atoms with van der Waals surface area (Å²) in [6.07, 6.45) is -0.787. The fourth-order valence-corrected chi connectivity index (χ4v) is 4.99. The van der Waals surface area contributed by atoms with Crippen LogP contribution in [-0.4, -0.2) is 89.9 Å². The highest BCUT2D eigenvalue weighted by molar-refractivity contribution is 7.41. The highest BCUT2D eigenvalue weighted by Gasteiger charge is 2.46. The van der Waals surface area contributed by atoms with Gasteiger partial charge in [-0.3, -0.25) is 0 Å². The van der Waals surface area contributed by atoms with Gasteiger partial charge in [0.15, 0.2) is 0 Å². The van der Waals surface area contributed by atoms with Crippen LogP contribution in [0.25, 0.3) is 4.85 Å². The van der Waals surface area contributed by atoms with Crippen LogP contribution in [0, 0.1) is 6.57 Å². The van der Waals surface area contributed by atoms with Gasteiger partial charge in [0.05, 0.1) is 24.9 Å². The van der Waals surface area contributed by atoms with E-state index in [-0.39, 0.29) is 68.6 Å². The topological polar surface area (TPSA) is 78.2 Å². The second kappa shape index (κ2) is 12.5. The quantitative estimate of drug-likeness (QED) is 0.263. The van der Waals surface area contributed by atoms with Gasteiger partial charge in [-0.1, -0.05) is 6.92 Å². The van der Waals surface area contributed by atoms with Crippen LogP contribution >= 0.6 is 8.60 Å². The van der Waals surface area contributed by atoms with Crippen LogP contribution < -0.4 is 0 Å². The first-order valence-corrected chi connectivity index (χ1v) is 11.0. The molecule has 2 rings (SSSR count). The molecule has 0 bridgehead atoms. The molecule has 0 saturated carbocycles. The average Bonchev–Trinajstić information content (AvgIpc) is 3.20. The molecule has 168 valence electrons. The van der Waals surface area contributed by atoms with Crippen LogP contribution in [-0.2, 0) is 37.3 Å². The van der Waals surface area contributed by atoms with Gasteiger partial charge in [-0.15, -0.1) is 0 Å². The second-order valence-electron chi connectivity index (χ2n) is 7.07. The summed E-state index contributed by atoms with van der Waals surface area (Å²) in [7, 11) is 3.19. The van der Waals surface area contributed by atoms with Crippen molar-refractivity contribution in [3.8, 4) is 0 Å². The summed E-state index contributed by atoms with van der Waals surface area (Å²) in [6.45, 7) is 13.6. The van der Waals surface area contributed by atoms with E-state index in [9.17, 15) is 0 Å². The Morgan fingerprint density at radius 3 is 2.00 bits per heavy atom. The Kier molecular flexibility index (Phi) is 10.7. The van der Waals surface area contributed by atoms with E-state index >= 15 is 0 Å². The Balaban J connectivity index is 2.01. The zero-order valence-corrected chi connectivity index (χ0v) is 19.0. The van der Waals surface area contributed by atoms with E-state index < -0.39 is 8.60 Å². The molecule has 2 aliphatic heterocycles. The molecular weight excluding hydrogens is 401 g/mol. The van der Waals surface area contributed by atoms with Crippen LogP contribution in [0.4, 0.5) is 0 Å². The predicted molar refractivity (Wildman–Crippen MR) is 107 cm³/mol. The molecule has 2 heterocycles. The number of methoxy groups -OCH3 is 3. The first kappa shape index (κ1) is 24.9. The highest BCUT2D eigenvalue weighted by Crippen LogP contribution is 2.46. The van der Waals surface area contributed by atoms with Crippen LogP contribution in [0.2, 0.25) is 0 Å². The van der Waals surface area contributed by atoms with Crippen molar-refractivity contribution >= 4 is 8.60 Å². The number of ether oxygens (including phenoxy) is 5. The fourth-order valence-electron chi connectivity index (χ4n) is 3.84. The lowest BCUT2D eigenvalue weighted by Gasteiger charge is -2.27. The minimum Gasteiger partial charge on any atom is -0.376 e. The number of rotatable bonds is 12. The van der Waals surface area contributed by atoms with Gasteiger partial charge in [-0.25, -0.2) is 6.57 Å².